The Balaban J connectivity index is 2.39. The van der Waals surface area contributed by atoms with E-state index < -0.39 is 10.0 Å². The monoisotopic (exact) mass is 448 g/mol. The number of aryl methyl sites for hydroxylation is 1. The van der Waals surface area contributed by atoms with Gasteiger partial charge in [-0.15, -0.1) is 0 Å². The van der Waals surface area contributed by atoms with Crippen molar-refractivity contribution in [1.82, 2.24) is 4.98 Å². The van der Waals surface area contributed by atoms with E-state index in [2.05, 4.69) is 32.3 Å². The van der Waals surface area contributed by atoms with Gasteiger partial charge in [0, 0.05) is 3.57 Å². The van der Waals surface area contributed by atoms with E-state index in [4.69, 9.17) is 23.2 Å². The second-order valence-electron chi connectivity index (χ2n) is 3.57. The Bertz CT molecular complexity index is 731. The summed E-state index contributed by atoms with van der Waals surface area (Å²) in [5, 5.41) is 0.337. The van der Waals surface area contributed by atoms with Gasteiger partial charge in [0.25, 0.3) is 10.0 Å². The molecule has 0 unspecified atom stereocenters. The Kier molecular flexibility index (Phi) is 4.61. The third-order valence-corrected chi connectivity index (χ3v) is 6.37. The number of nitrogens with zero attached hydrogens (tertiary/aromatic N) is 1. The second-order valence-corrected chi connectivity index (χ2v) is 8.68. The Morgan fingerprint density at radius 3 is 2.58 bits per heavy atom. The number of anilines is 1. The number of aromatic nitrogens is 1. The topological polar surface area (TPSA) is 59.1 Å². The van der Waals surface area contributed by atoms with Crippen LogP contribution in [0.5, 0.6) is 0 Å². The number of hydrogen-bond acceptors (Lipinski definition) is 4. The van der Waals surface area contributed by atoms with Crippen LogP contribution in [0.4, 0.5) is 5.69 Å². The van der Waals surface area contributed by atoms with Crippen molar-refractivity contribution in [3.8, 4) is 0 Å². The van der Waals surface area contributed by atoms with Gasteiger partial charge in [0.05, 0.1) is 16.4 Å². The maximum absolute atomic E-state index is 12.2. The smallest absolute Gasteiger partial charge is 0.273 e. The van der Waals surface area contributed by atoms with Gasteiger partial charge in [-0.1, -0.05) is 34.5 Å². The standard InChI is InChI=1S/C10H7Cl2IN2O2S2/c1-5-9(18-10(12)14-5)19(16,17)15-8-3-2-6(13)4-7(8)11/h2-4,15H,1H3. The van der Waals surface area contributed by atoms with Gasteiger partial charge in [0.15, 0.2) is 8.68 Å². The molecule has 1 N–H and O–H groups in total. The van der Waals surface area contributed by atoms with Gasteiger partial charge in [0.2, 0.25) is 0 Å². The minimum absolute atomic E-state index is 0.0899. The number of hydrogen-bond donors (Lipinski definition) is 1. The zero-order chi connectivity index (χ0) is 14.2. The van der Waals surface area contributed by atoms with E-state index in [0.717, 1.165) is 14.9 Å². The molecule has 0 bridgehead atoms. The molecule has 0 aliphatic heterocycles. The molecule has 1 aromatic heterocycles. The summed E-state index contributed by atoms with van der Waals surface area (Å²) in [5.41, 5.74) is 0.690. The molecule has 0 radical (unpaired) electrons. The normalized spacial score (nSPS) is 11.6. The van der Waals surface area contributed by atoms with Gasteiger partial charge in [-0.2, -0.15) is 0 Å². The number of rotatable bonds is 3. The molecule has 0 atom stereocenters. The van der Waals surface area contributed by atoms with Crippen molar-refractivity contribution in [2.45, 2.75) is 11.1 Å². The average molecular weight is 449 g/mol. The number of thiazole rings is 1. The summed E-state index contributed by atoms with van der Waals surface area (Å²) in [7, 11) is -3.72. The molecule has 0 amide bonds. The molecule has 1 heterocycles. The number of benzene rings is 1. The molecule has 0 aliphatic rings. The van der Waals surface area contributed by atoms with Gasteiger partial charge in [-0.25, -0.2) is 13.4 Å². The highest BCUT2D eigenvalue weighted by molar-refractivity contribution is 14.1. The fourth-order valence-corrected chi connectivity index (χ4v) is 5.14. The summed E-state index contributed by atoms with van der Waals surface area (Å²) >= 11 is 14.7. The van der Waals surface area contributed by atoms with Crippen LogP contribution in [0, 0.1) is 10.5 Å². The minimum atomic E-state index is -3.72. The Morgan fingerprint density at radius 1 is 1.37 bits per heavy atom. The zero-order valence-corrected chi connectivity index (χ0v) is 14.7. The van der Waals surface area contributed by atoms with E-state index in [1.807, 2.05) is 0 Å². The lowest BCUT2D eigenvalue weighted by molar-refractivity contribution is 0.602. The molecule has 0 saturated heterocycles. The molecule has 9 heteroatoms. The van der Waals surface area contributed by atoms with E-state index in [1.54, 1.807) is 25.1 Å². The van der Waals surface area contributed by atoms with Crippen LogP contribution in [0.1, 0.15) is 5.69 Å². The molecule has 0 saturated carbocycles. The fourth-order valence-electron chi connectivity index (χ4n) is 1.36. The van der Waals surface area contributed by atoms with Crippen molar-refractivity contribution in [1.29, 1.82) is 0 Å². The second kappa shape index (κ2) is 5.72. The third kappa shape index (κ3) is 3.52. The Morgan fingerprint density at radius 2 is 2.05 bits per heavy atom. The molecule has 2 aromatic rings. The van der Waals surface area contributed by atoms with E-state index in [0.29, 0.717) is 16.4 Å². The molecular weight excluding hydrogens is 442 g/mol. The first kappa shape index (κ1) is 15.3. The molecule has 1 aromatic carbocycles. The highest BCUT2D eigenvalue weighted by Gasteiger charge is 2.22. The van der Waals surface area contributed by atoms with Crippen LogP contribution < -0.4 is 4.72 Å². The molecule has 2 rings (SSSR count). The summed E-state index contributed by atoms with van der Waals surface area (Å²) in [6, 6.07) is 5.04. The number of halogens is 3. The number of nitrogens with one attached hydrogen (secondary N) is 1. The highest BCUT2D eigenvalue weighted by Crippen LogP contribution is 2.31. The summed E-state index contributed by atoms with van der Waals surface area (Å²) in [6.45, 7) is 1.59. The van der Waals surface area contributed by atoms with E-state index in [9.17, 15) is 8.42 Å². The lowest BCUT2D eigenvalue weighted by Gasteiger charge is -2.08. The van der Waals surface area contributed by atoms with Gasteiger partial charge in [-0.05, 0) is 47.7 Å². The summed E-state index contributed by atoms with van der Waals surface area (Å²) in [5.74, 6) is 0. The van der Waals surface area contributed by atoms with Crippen LogP contribution in [0.2, 0.25) is 9.49 Å². The lowest BCUT2D eigenvalue weighted by atomic mass is 10.3. The molecule has 4 nitrogen and oxygen atoms in total. The third-order valence-electron chi connectivity index (χ3n) is 2.15. The van der Waals surface area contributed by atoms with Crippen LogP contribution in [0.25, 0.3) is 0 Å². The SMILES string of the molecule is Cc1nc(Cl)sc1S(=O)(=O)Nc1ccc(I)cc1Cl. The van der Waals surface area contributed by atoms with E-state index >= 15 is 0 Å². The molecular formula is C10H7Cl2IN2O2S2. The minimum Gasteiger partial charge on any atom is -0.277 e. The van der Waals surface area contributed by atoms with Gasteiger partial charge in [0.1, 0.15) is 0 Å². The summed E-state index contributed by atoms with van der Waals surface area (Å²) < 4.78 is 28.1. The molecule has 0 fully saturated rings. The maximum Gasteiger partial charge on any atom is 0.273 e. The summed E-state index contributed by atoms with van der Waals surface area (Å²) in [6.07, 6.45) is 0. The van der Waals surface area contributed by atoms with Crippen molar-refractivity contribution in [3.05, 3.63) is 37.0 Å². The van der Waals surface area contributed by atoms with Crippen LogP contribution in [0.15, 0.2) is 22.4 Å². The summed E-state index contributed by atoms with van der Waals surface area (Å²) in [4.78, 5) is 3.89. The average Bonchev–Trinajstić information content (AvgIpc) is 2.63. The maximum atomic E-state index is 12.2. The van der Waals surface area contributed by atoms with Crippen LogP contribution >= 0.6 is 57.1 Å². The molecule has 0 aliphatic carbocycles. The first-order chi connectivity index (χ1) is 8.79. The van der Waals surface area contributed by atoms with Crippen LogP contribution in [-0.4, -0.2) is 13.4 Å². The molecule has 0 spiro atoms. The lowest BCUT2D eigenvalue weighted by Crippen LogP contribution is -2.13. The first-order valence-electron chi connectivity index (χ1n) is 4.90. The van der Waals surface area contributed by atoms with Crippen LogP contribution in [0.3, 0.4) is 0 Å². The highest BCUT2D eigenvalue weighted by atomic mass is 127. The van der Waals surface area contributed by atoms with Crippen molar-refractivity contribution in [2.75, 3.05) is 4.72 Å². The Hall–Kier alpha value is -0.0900. The van der Waals surface area contributed by atoms with E-state index in [1.165, 1.54) is 0 Å². The van der Waals surface area contributed by atoms with Gasteiger partial charge in [-0.3, -0.25) is 4.72 Å². The molecule has 102 valence electrons. The van der Waals surface area contributed by atoms with Crippen molar-refractivity contribution in [2.24, 2.45) is 0 Å². The molecule has 19 heavy (non-hydrogen) atoms. The van der Waals surface area contributed by atoms with Crippen molar-refractivity contribution < 1.29 is 8.42 Å². The van der Waals surface area contributed by atoms with E-state index in [-0.39, 0.29) is 8.68 Å². The van der Waals surface area contributed by atoms with Crippen LogP contribution in [-0.2, 0) is 10.0 Å². The fraction of sp³-hybridized carbons (Fsp3) is 0.100. The Labute approximate surface area is 138 Å². The van der Waals surface area contributed by atoms with Crippen molar-refractivity contribution in [3.63, 3.8) is 0 Å². The number of sulfonamides is 1. The van der Waals surface area contributed by atoms with Crippen molar-refractivity contribution >= 4 is 72.8 Å². The zero-order valence-electron chi connectivity index (χ0n) is 9.45. The predicted octanol–water partition coefficient (Wildman–Crippen LogP) is 4.16. The predicted molar refractivity (Wildman–Crippen MR) is 86.8 cm³/mol. The first-order valence-corrected chi connectivity index (χ1v) is 9.04. The quantitative estimate of drug-likeness (QED) is 0.717. The van der Waals surface area contributed by atoms with Gasteiger partial charge >= 0.3 is 0 Å². The largest absolute Gasteiger partial charge is 0.277 e. The van der Waals surface area contributed by atoms with Gasteiger partial charge < -0.3 is 0 Å².